The summed E-state index contributed by atoms with van der Waals surface area (Å²) in [6, 6.07) is 31.7. The third-order valence-corrected chi connectivity index (χ3v) is 11.7. The molecule has 2 aliphatic rings. The standard InChI is InChI=1S/C46H49BN2/c1-43(2,3)26-13-17-36-30(21-26)32-25-33-31-22-27(44(4,5)6)14-18-37(31)49-39-20-16-29(46(10,11)12)24-35(39)47-34-23-28(45(7,8)9)15-19-38(34)48(36)41(32)40(47)42(33)49/h13-25H,1-12H3. The zero-order chi connectivity index (χ0) is 34.7. The van der Waals surface area contributed by atoms with Gasteiger partial charge in [-0.3, -0.25) is 0 Å². The molecule has 7 aromatic rings. The highest BCUT2D eigenvalue weighted by molar-refractivity contribution is 7.00. The quantitative estimate of drug-likeness (QED) is 0.146. The molecule has 0 saturated heterocycles. The first-order chi connectivity index (χ1) is 22.8. The SMILES string of the molecule is CC(C)(C)c1ccc2c(c1)B1c3cc(C(C)(C)C)ccc3-n3c4ccc(C(C)(C)C)cc4c4cc5c6cc(C(C)(C)C)ccc6n-2c5c1c43. The average molecular weight is 641 g/mol. The lowest BCUT2D eigenvalue weighted by Gasteiger charge is -2.35. The summed E-state index contributed by atoms with van der Waals surface area (Å²) in [5.74, 6) is 0. The van der Waals surface area contributed by atoms with E-state index in [0.717, 1.165) is 0 Å². The second-order valence-corrected chi connectivity index (χ2v) is 19.2. The minimum absolute atomic E-state index is 0.0417. The summed E-state index contributed by atoms with van der Waals surface area (Å²) < 4.78 is 5.23. The van der Waals surface area contributed by atoms with Crippen LogP contribution in [-0.4, -0.2) is 15.8 Å². The van der Waals surface area contributed by atoms with Crippen molar-refractivity contribution >= 4 is 66.7 Å². The fraction of sp³-hybridized carbons (Fsp3) is 0.348. The minimum Gasteiger partial charge on any atom is -0.310 e. The van der Waals surface area contributed by atoms with Crippen LogP contribution in [0.5, 0.6) is 0 Å². The van der Waals surface area contributed by atoms with Gasteiger partial charge in [0.25, 0.3) is 6.71 Å². The van der Waals surface area contributed by atoms with Gasteiger partial charge >= 0.3 is 0 Å². The van der Waals surface area contributed by atoms with Crippen LogP contribution >= 0.6 is 0 Å². The normalized spacial score (nSPS) is 14.5. The molecule has 9 rings (SSSR count). The summed E-state index contributed by atoms with van der Waals surface area (Å²) in [7, 11) is 0. The Kier molecular flexibility index (Phi) is 5.85. The van der Waals surface area contributed by atoms with Gasteiger partial charge in [-0.2, -0.15) is 0 Å². The summed E-state index contributed by atoms with van der Waals surface area (Å²) in [6.07, 6.45) is 0. The van der Waals surface area contributed by atoms with Gasteiger partial charge in [-0.25, -0.2) is 0 Å². The lowest BCUT2D eigenvalue weighted by Crippen LogP contribution is -2.59. The topological polar surface area (TPSA) is 9.86 Å². The van der Waals surface area contributed by atoms with Crippen molar-refractivity contribution in [3.05, 3.63) is 101 Å². The fourth-order valence-corrected chi connectivity index (χ4v) is 8.81. The first-order valence-corrected chi connectivity index (χ1v) is 18.2. The Balaban J connectivity index is 1.56. The van der Waals surface area contributed by atoms with Crippen LogP contribution in [0.4, 0.5) is 0 Å². The number of benzene rings is 5. The summed E-state index contributed by atoms with van der Waals surface area (Å²) in [4.78, 5) is 0. The van der Waals surface area contributed by atoms with Gasteiger partial charge in [-0.15, -0.1) is 0 Å². The Hall–Kier alpha value is -4.24. The van der Waals surface area contributed by atoms with E-state index in [4.69, 9.17) is 0 Å². The molecule has 0 spiro atoms. The first kappa shape index (κ1) is 30.8. The van der Waals surface area contributed by atoms with E-state index in [2.05, 4.69) is 171 Å². The number of hydrogen-bond donors (Lipinski definition) is 0. The van der Waals surface area contributed by atoms with E-state index >= 15 is 0 Å². The number of rotatable bonds is 0. The van der Waals surface area contributed by atoms with Gasteiger partial charge in [-0.1, -0.05) is 119 Å². The van der Waals surface area contributed by atoms with Crippen LogP contribution < -0.4 is 16.4 Å². The van der Waals surface area contributed by atoms with Crippen LogP contribution in [0, 0.1) is 0 Å². The molecule has 5 aromatic carbocycles. The fourth-order valence-electron chi connectivity index (χ4n) is 8.81. The van der Waals surface area contributed by atoms with E-state index in [-0.39, 0.29) is 28.4 Å². The van der Waals surface area contributed by atoms with Gasteiger partial charge in [0.15, 0.2) is 0 Å². The molecule has 0 atom stereocenters. The number of aromatic nitrogens is 2. The van der Waals surface area contributed by atoms with Gasteiger partial charge < -0.3 is 9.13 Å². The molecule has 0 saturated carbocycles. The van der Waals surface area contributed by atoms with Crippen molar-refractivity contribution in [1.29, 1.82) is 0 Å². The summed E-state index contributed by atoms with van der Waals surface area (Å²) in [6.45, 7) is 28.2. The molecular formula is C46H49BN2. The van der Waals surface area contributed by atoms with Gasteiger partial charge in [0.1, 0.15) is 0 Å². The molecule has 4 heterocycles. The highest BCUT2D eigenvalue weighted by atomic mass is 15.0. The molecule has 0 radical (unpaired) electrons. The van der Waals surface area contributed by atoms with Crippen molar-refractivity contribution in [2.75, 3.05) is 0 Å². The Morgan fingerprint density at radius 1 is 0.388 bits per heavy atom. The Labute approximate surface area is 292 Å². The highest BCUT2D eigenvalue weighted by Crippen LogP contribution is 2.44. The molecule has 0 fully saturated rings. The smallest absolute Gasteiger partial charge is 0.252 e. The molecule has 0 N–H and O–H groups in total. The summed E-state index contributed by atoms with van der Waals surface area (Å²) in [5.41, 5.74) is 18.0. The van der Waals surface area contributed by atoms with Crippen LogP contribution in [0.3, 0.4) is 0 Å². The number of nitrogens with zero attached hydrogens (tertiary/aromatic N) is 2. The minimum atomic E-state index is 0.0417. The first-order valence-electron chi connectivity index (χ1n) is 18.2. The highest BCUT2D eigenvalue weighted by Gasteiger charge is 2.42. The maximum Gasteiger partial charge on any atom is 0.252 e. The van der Waals surface area contributed by atoms with E-state index in [1.165, 1.54) is 93.6 Å². The van der Waals surface area contributed by atoms with Crippen LogP contribution in [0.15, 0.2) is 78.9 Å². The molecule has 3 heteroatoms. The van der Waals surface area contributed by atoms with Crippen LogP contribution in [0.25, 0.3) is 55.0 Å². The van der Waals surface area contributed by atoms with Crippen molar-refractivity contribution in [1.82, 2.24) is 9.13 Å². The van der Waals surface area contributed by atoms with Gasteiger partial charge in [0.05, 0.1) is 22.1 Å². The van der Waals surface area contributed by atoms with Crippen LogP contribution in [-0.2, 0) is 21.7 Å². The van der Waals surface area contributed by atoms with E-state index in [9.17, 15) is 0 Å². The van der Waals surface area contributed by atoms with Gasteiger partial charge in [-0.05, 0) is 103 Å². The zero-order valence-electron chi connectivity index (χ0n) is 31.5. The molecule has 0 aliphatic carbocycles. The monoisotopic (exact) mass is 640 g/mol. The van der Waals surface area contributed by atoms with Crippen LogP contribution in [0.2, 0.25) is 0 Å². The maximum atomic E-state index is 2.62. The Bertz CT molecular complexity index is 2400. The van der Waals surface area contributed by atoms with Crippen molar-refractivity contribution < 1.29 is 0 Å². The number of hydrogen-bond acceptors (Lipinski definition) is 0. The van der Waals surface area contributed by atoms with Crippen molar-refractivity contribution in [2.45, 2.75) is 105 Å². The lowest BCUT2D eigenvalue weighted by molar-refractivity contribution is 0.590. The largest absolute Gasteiger partial charge is 0.310 e. The molecule has 49 heavy (non-hydrogen) atoms. The number of fused-ring (bicyclic) bond motifs is 12. The second kappa shape index (κ2) is 9.30. The molecular weight excluding hydrogens is 591 g/mol. The molecule has 0 amide bonds. The Morgan fingerprint density at radius 3 is 1.10 bits per heavy atom. The van der Waals surface area contributed by atoms with Gasteiger partial charge in [0, 0.05) is 32.9 Å². The summed E-state index contributed by atoms with van der Waals surface area (Å²) >= 11 is 0. The summed E-state index contributed by atoms with van der Waals surface area (Å²) in [5, 5.41) is 5.45. The predicted molar refractivity (Wildman–Crippen MR) is 215 cm³/mol. The average Bonchev–Trinajstić information content (AvgIpc) is 3.53. The van der Waals surface area contributed by atoms with E-state index in [1.807, 2.05) is 0 Å². The van der Waals surface area contributed by atoms with Crippen LogP contribution in [0.1, 0.15) is 105 Å². The molecule has 0 bridgehead atoms. The maximum absolute atomic E-state index is 2.62. The molecule has 2 aromatic heterocycles. The third kappa shape index (κ3) is 4.14. The molecule has 0 unspecified atom stereocenters. The van der Waals surface area contributed by atoms with Crippen molar-refractivity contribution in [3.63, 3.8) is 0 Å². The lowest BCUT2D eigenvalue weighted by atomic mass is 9.34. The van der Waals surface area contributed by atoms with Crippen molar-refractivity contribution in [2.24, 2.45) is 0 Å². The van der Waals surface area contributed by atoms with E-state index in [1.54, 1.807) is 0 Å². The van der Waals surface area contributed by atoms with E-state index in [0.29, 0.717) is 0 Å². The molecule has 246 valence electrons. The van der Waals surface area contributed by atoms with E-state index < -0.39 is 0 Å². The molecule has 2 nitrogen and oxygen atoms in total. The van der Waals surface area contributed by atoms with Crippen molar-refractivity contribution in [3.8, 4) is 11.4 Å². The Morgan fingerprint density at radius 2 is 0.735 bits per heavy atom. The predicted octanol–water partition coefficient (Wildman–Crippen LogP) is 10.2. The van der Waals surface area contributed by atoms with Gasteiger partial charge in [0.2, 0.25) is 0 Å². The molecule has 2 aliphatic heterocycles. The second-order valence-electron chi connectivity index (χ2n) is 19.2. The zero-order valence-corrected chi connectivity index (χ0v) is 31.5. The third-order valence-electron chi connectivity index (χ3n) is 11.7.